The average molecular weight is 316 g/mol. The Labute approximate surface area is 100 Å². The van der Waals surface area contributed by atoms with Crippen molar-refractivity contribution in [1.29, 1.82) is 0 Å². The number of aryl methyl sites for hydroxylation is 1. The van der Waals surface area contributed by atoms with Gasteiger partial charge >= 0.3 is 5.97 Å². The molecule has 2 aromatic rings. The zero-order chi connectivity index (χ0) is 11.0. The van der Waals surface area contributed by atoms with Crippen molar-refractivity contribution in [2.24, 2.45) is 7.05 Å². The summed E-state index contributed by atoms with van der Waals surface area (Å²) in [4.78, 5) is 15.5. The van der Waals surface area contributed by atoms with Gasteiger partial charge in [-0.3, -0.25) is 0 Å². The third-order valence-corrected chi connectivity index (χ3v) is 3.05. The van der Waals surface area contributed by atoms with Gasteiger partial charge in [-0.15, -0.1) is 0 Å². The molecule has 15 heavy (non-hydrogen) atoms. The van der Waals surface area contributed by atoms with Crippen molar-refractivity contribution in [2.45, 2.75) is 0 Å². The second kappa shape index (κ2) is 3.80. The van der Waals surface area contributed by atoms with E-state index < -0.39 is 0 Å². The number of fused-ring (bicyclic) bond motifs is 1. The number of carbonyl (C=O) groups excluding carboxylic acids is 1. The molecule has 4 nitrogen and oxygen atoms in total. The fourth-order valence-electron chi connectivity index (χ4n) is 1.44. The van der Waals surface area contributed by atoms with E-state index in [1.54, 1.807) is 6.07 Å². The van der Waals surface area contributed by atoms with Gasteiger partial charge in [0.05, 0.1) is 12.7 Å². The van der Waals surface area contributed by atoms with Gasteiger partial charge in [-0.05, 0) is 28.7 Å². The monoisotopic (exact) mass is 316 g/mol. The van der Waals surface area contributed by atoms with Crippen LogP contribution in [0.25, 0.3) is 11.0 Å². The summed E-state index contributed by atoms with van der Waals surface area (Å²) < 4.78 is 7.64. The van der Waals surface area contributed by atoms with Gasteiger partial charge < -0.3 is 9.30 Å². The molecule has 0 aliphatic heterocycles. The maximum atomic E-state index is 11.3. The maximum absolute atomic E-state index is 11.3. The summed E-state index contributed by atoms with van der Waals surface area (Å²) in [5.41, 5.74) is 1.35. The minimum Gasteiger partial charge on any atom is -0.465 e. The Hall–Kier alpha value is -1.11. The molecule has 0 saturated carbocycles. The predicted octanol–water partition coefficient (Wildman–Crippen LogP) is 1.96. The largest absolute Gasteiger partial charge is 0.465 e. The number of ether oxygens (including phenoxy) is 1. The van der Waals surface area contributed by atoms with Gasteiger partial charge in [-0.1, -0.05) is 0 Å². The van der Waals surface area contributed by atoms with Crippen LogP contribution in [0.3, 0.4) is 0 Å². The van der Waals surface area contributed by atoms with E-state index in [0.29, 0.717) is 5.56 Å². The highest BCUT2D eigenvalue weighted by Gasteiger charge is 2.10. The van der Waals surface area contributed by atoms with Crippen LogP contribution >= 0.6 is 22.6 Å². The Morgan fingerprint density at radius 2 is 2.33 bits per heavy atom. The smallest absolute Gasteiger partial charge is 0.339 e. The van der Waals surface area contributed by atoms with Gasteiger partial charge in [-0.25, -0.2) is 9.78 Å². The van der Waals surface area contributed by atoms with Gasteiger partial charge in [0, 0.05) is 28.4 Å². The SMILES string of the molecule is COC(=O)c1cnc2c(c1)c(I)cn2C. The Morgan fingerprint density at radius 3 is 3.00 bits per heavy atom. The quantitative estimate of drug-likeness (QED) is 0.597. The molecule has 0 aliphatic carbocycles. The van der Waals surface area contributed by atoms with Crippen molar-refractivity contribution in [3.8, 4) is 0 Å². The standard InChI is InChI=1S/C10H9IN2O2/c1-13-5-8(11)7-3-6(10(14)15-2)4-12-9(7)13/h3-5H,1-2H3. The number of carbonyl (C=O) groups is 1. The van der Waals surface area contributed by atoms with E-state index in [0.717, 1.165) is 14.6 Å². The molecule has 2 rings (SSSR count). The number of halogens is 1. The van der Waals surface area contributed by atoms with Crippen molar-refractivity contribution in [3.05, 3.63) is 27.6 Å². The number of hydrogen-bond donors (Lipinski definition) is 0. The minimum absolute atomic E-state index is 0.357. The molecule has 0 amide bonds. The Kier molecular flexibility index (Phi) is 2.64. The first kappa shape index (κ1) is 10.4. The molecule has 0 saturated heterocycles. The van der Waals surface area contributed by atoms with Crippen LogP contribution in [-0.4, -0.2) is 22.6 Å². The number of esters is 1. The second-order valence-electron chi connectivity index (χ2n) is 3.17. The van der Waals surface area contributed by atoms with Crippen LogP contribution in [0.2, 0.25) is 0 Å². The topological polar surface area (TPSA) is 44.1 Å². The molecule has 0 atom stereocenters. The molecule has 2 heterocycles. The Balaban J connectivity index is 2.65. The lowest BCUT2D eigenvalue weighted by molar-refractivity contribution is 0.0600. The molecule has 0 fully saturated rings. The highest BCUT2D eigenvalue weighted by atomic mass is 127. The van der Waals surface area contributed by atoms with Crippen LogP contribution in [0, 0.1) is 3.57 Å². The first-order chi connectivity index (χ1) is 7.13. The van der Waals surface area contributed by atoms with E-state index in [9.17, 15) is 4.79 Å². The van der Waals surface area contributed by atoms with Crippen LogP contribution in [0.1, 0.15) is 10.4 Å². The highest BCUT2D eigenvalue weighted by molar-refractivity contribution is 14.1. The van der Waals surface area contributed by atoms with Crippen molar-refractivity contribution < 1.29 is 9.53 Å². The number of pyridine rings is 1. The number of aromatic nitrogens is 2. The first-order valence-electron chi connectivity index (χ1n) is 4.32. The molecule has 0 unspecified atom stereocenters. The summed E-state index contributed by atoms with van der Waals surface area (Å²) in [7, 11) is 3.29. The summed E-state index contributed by atoms with van der Waals surface area (Å²) in [6.07, 6.45) is 3.50. The van der Waals surface area contributed by atoms with Crippen LogP contribution < -0.4 is 0 Å². The van der Waals surface area contributed by atoms with Crippen molar-refractivity contribution >= 4 is 39.6 Å². The van der Waals surface area contributed by atoms with E-state index in [1.807, 2.05) is 17.8 Å². The first-order valence-corrected chi connectivity index (χ1v) is 5.40. The van der Waals surface area contributed by atoms with Gasteiger partial charge in [0.15, 0.2) is 0 Å². The summed E-state index contributed by atoms with van der Waals surface area (Å²) in [5.74, 6) is -0.357. The molecule has 5 heteroatoms. The maximum Gasteiger partial charge on any atom is 0.339 e. The van der Waals surface area contributed by atoms with E-state index in [2.05, 4.69) is 32.3 Å². The summed E-state index contributed by atoms with van der Waals surface area (Å²) in [6, 6.07) is 1.80. The molecular weight excluding hydrogens is 307 g/mol. The predicted molar refractivity (Wildman–Crippen MR) is 64.8 cm³/mol. The van der Waals surface area contributed by atoms with Gasteiger partial charge in [-0.2, -0.15) is 0 Å². The van der Waals surface area contributed by atoms with Crippen LogP contribution in [-0.2, 0) is 11.8 Å². The number of nitrogens with zero attached hydrogens (tertiary/aromatic N) is 2. The summed E-state index contributed by atoms with van der Waals surface area (Å²) >= 11 is 2.22. The fourth-order valence-corrected chi connectivity index (χ4v) is 2.26. The molecule has 0 aliphatic rings. The Bertz CT molecular complexity index is 533. The average Bonchev–Trinajstić information content (AvgIpc) is 2.53. The zero-order valence-corrected chi connectivity index (χ0v) is 10.5. The van der Waals surface area contributed by atoms with E-state index >= 15 is 0 Å². The lowest BCUT2D eigenvalue weighted by Gasteiger charge is -1.99. The van der Waals surface area contributed by atoms with Crippen molar-refractivity contribution in [3.63, 3.8) is 0 Å². The molecule has 2 aromatic heterocycles. The van der Waals surface area contributed by atoms with Gasteiger partial charge in [0.1, 0.15) is 5.65 Å². The normalized spacial score (nSPS) is 10.6. The molecule has 0 bridgehead atoms. The van der Waals surface area contributed by atoms with E-state index in [4.69, 9.17) is 0 Å². The third-order valence-electron chi connectivity index (χ3n) is 2.19. The zero-order valence-electron chi connectivity index (χ0n) is 8.32. The van der Waals surface area contributed by atoms with Crippen molar-refractivity contribution in [2.75, 3.05) is 7.11 Å². The molecule has 0 radical (unpaired) electrons. The van der Waals surface area contributed by atoms with Crippen molar-refractivity contribution in [1.82, 2.24) is 9.55 Å². The lowest BCUT2D eigenvalue weighted by atomic mass is 10.2. The lowest BCUT2D eigenvalue weighted by Crippen LogP contribution is -2.01. The highest BCUT2D eigenvalue weighted by Crippen LogP contribution is 2.21. The van der Waals surface area contributed by atoms with Gasteiger partial charge in [0.2, 0.25) is 0 Å². The van der Waals surface area contributed by atoms with Crippen LogP contribution in [0.5, 0.6) is 0 Å². The van der Waals surface area contributed by atoms with E-state index in [-0.39, 0.29) is 5.97 Å². The Morgan fingerprint density at radius 1 is 1.60 bits per heavy atom. The third kappa shape index (κ3) is 1.71. The molecule has 0 aromatic carbocycles. The fraction of sp³-hybridized carbons (Fsp3) is 0.200. The minimum atomic E-state index is -0.357. The number of rotatable bonds is 1. The van der Waals surface area contributed by atoms with E-state index in [1.165, 1.54) is 13.3 Å². The summed E-state index contributed by atoms with van der Waals surface area (Å²) in [5, 5.41) is 0.973. The molecule has 0 N–H and O–H groups in total. The second-order valence-corrected chi connectivity index (χ2v) is 4.34. The molecule has 0 spiro atoms. The number of methoxy groups -OCH3 is 1. The van der Waals surface area contributed by atoms with Gasteiger partial charge in [0.25, 0.3) is 0 Å². The molecule has 78 valence electrons. The molecular formula is C10H9IN2O2. The summed E-state index contributed by atoms with van der Waals surface area (Å²) in [6.45, 7) is 0. The van der Waals surface area contributed by atoms with Crippen LogP contribution in [0.15, 0.2) is 18.5 Å². The van der Waals surface area contributed by atoms with Crippen LogP contribution in [0.4, 0.5) is 0 Å². The number of hydrogen-bond acceptors (Lipinski definition) is 3.